The lowest BCUT2D eigenvalue weighted by molar-refractivity contribution is 0.410. The second kappa shape index (κ2) is 8.37. The number of hydrogen-bond acceptors (Lipinski definition) is 3. The average molecular weight is 342 g/mol. The van der Waals surface area contributed by atoms with E-state index in [-0.39, 0.29) is 0 Å². The van der Waals surface area contributed by atoms with E-state index in [1.165, 1.54) is 0 Å². The summed E-state index contributed by atoms with van der Waals surface area (Å²) in [7, 11) is 3.58. The van der Waals surface area contributed by atoms with E-state index in [1.54, 1.807) is 19.5 Å². The molecule has 0 bridgehead atoms. The number of nitriles is 1. The monoisotopic (exact) mass is 341 g/mol. The van der Waals surface area contributed by atoms with Gasteiger partial charge in [0.05, 0.1) is 35.8 Å². The van der Waals surface area contributed by atoms with Crippen molar-refractivity contribution in [1.82, 2.24) is 4.90 Å². The first kappa shape index (κ1) is 17.8. The molecule has 0 aliphatic carbocycles. The van der Waals surface area contributed by atoms with Crippen molar-refractivity contribution in [3.05, 3.63) is 58.1 Å². The smallest absolute Gasteiger partial charge is 0.124 e. The molecule has 24 heavy (non-hydrogen) atoms. The summed E-state index contributed by atoms with van der Waals surface area (Å²) < 4.78 is 5.49. The summed E-state index contributed by atoms with van der Waals surface area (Å²) in [6, 6.07) is 13.4. The van der Waals surface area contributed by atoms with Crippen molar-refractivity contribution in [3.63, 3.8) is 0 Å². The van der Waals surface area contributed by atoms with Gasteiger partial charge in [-0.25, -0.2) is 4.99 Å². The van der Waals surface area contributed by atoms with Gasteiger partial charge in [0, 0.05) is 31.6 Å². The minimum atomic E-state index is 0.572. The summed E-state index contributed by atoms with van der Waals surface area (Å²) in [4.78, 5) is 6.37. The molecule has 0 amide bonds. The number of nitrogens with zero attached hydrogens (tertiary/aromatic N) is 3. The quantitative estimate of drug-likeness (QED) is 0.577. The highest BCUT2D eigenvalue weighted by atomic mass is 35.5. The van der Waals surface area contributed by atoms with Gasteiger partial charge < -0.3 is 9.64 Å². The van der Waals surface area contributed by atoms with Gasteiger partial charge in [0.1, 0.15) is 5.75 Å². The minimum Gasteiger partial charge on any atom is -0.496 e. The zero-order valence-electron chi connectivity index (χ0n) is 14.1. The molecule has 0 saturated carbocycles. The maximum atomic E-state index is 9.02. The van der Waals surface area contributed by atoms with Crippen LogP contribution in [0.4, 0.5) is 5.69 Å². The van der Waals surface area contributed by atoms with E-state index in [2.05, 4.69) is 11.1 Å². The van der Waals surface area contributed by atoms with Gasteiger partial charge in [0.2, 0.25) is 0 Å². The molecule has 0 aromatic heterocycles. The summed E-state index contributed by atoms with van der Waals surface area (Å²) >= 11 is 6.37. The van der Waals surface area contributed by atoms with Crippen LogP contribution in [0, 0.1) is 11.3 Å². The molecule has 0 aliphatic rings. The number of benzene rings is 2. The molecule has 124 valence electrons. The van der Waals surface area contributed by atoms with Gasteiger partial charge >= 0.3 is 0 Å². The molecule has 2 rings (SSSR count). The molecule has 0 fully saturated rings. The zero-order valence-corrected chi connectivity index (χ0v) is 14.8. The van der Waals surface area contributed by atoms with Crippen LogP contribution in [0.5, 0.6) is 5.75 Å². The van der Waals surface area contributed by atoms with E-state index in [4.69, 9.17) is 21.6 Å². The third kappa shape index (κ3) is 4.50. The third-order valence-electron chi connectivity index (χ3n) is 3.69. The molecular formula is C19H20ClN3O. The molecule has 0 N–H and O–H groups in total. The molecule has 2 aromatic rings. The van der Waals surface area contributed by atoms with Crippen molar-refractivity contribution in [1.29, 1.82) is 5.26 Å². The fourth-order valence-corrected chi connectivity index (χ4v) is 2.46. The standard InChI is InChI=1S/C19H20ClN3O/c1-4-23(2)13-22-18-11-19(24-3)16(10-17(18)20)9-14-6-5-7-15(8-14)12-21/h5-8,10-11,13H,4,9H2,1-3H3. The van der Waals surface area contributed by atoms with Crippen molar-refractivity contribution in [2.75, 3.05) is 20.7 Å². The Morgan fingerprint density at radius 2 is 2.12 bits per heavy atom. The number of rotatable bonds is 6. The van der Waals surface area contributed by atoms with Crippen molar-refractivity contribution in [2.45, 2.75) is 13.3 Å². The van der Waals surface area contributed by atoms with Gasteiger partial charge in [-0.1, -0.05) is 23.7 Å². The number of halogens is 1. The lowest BCUT2D eigenvalue weighted by Gasteiger charge is -2.12. The summed E-state index contributed by atoms with van der Waals surface area (Å²) in [5.74, 6) is 0.730. The Labute approximate surface area is 148 Å². The molecule has 0 aliphatic heterocycles. The second-order valence-electron chi connectivity index (χ2n) is 5.42. The number of aliphatic imine (C=N–C) groups is 1. The molecule has 0 spiro atoms. The van der Waals surface area contributed by atoms with Gasteiger partial charge in [-0.3, -0.25) is 0 Å². The Hall–Kier alpha value is -2.51. The normalized spacial score (nSPS) is 10.6. The Morgan fingerprint density at radius 3 is 2.79 bits per heavy atom. The highest BCUT2D eigenvalue weighted by Crippen LogP contribution is 2.34. The van der Waals surface area contributed by atoms with Crippen LogP contribution in [0.15, 0.2) is 41.4 Å². The van der Waals surface area contributed by atoms with Crippen LogP contribution in [0.3, 0.4) is 0 Å². The van der Waals surface area contributed by atoms with E-state index in [0.29, 0.717) is 22.7 Å². The molecule has 0 radical (unpaired) electrons. The minimum absolute atomic E-state index is 0.572. The fourth-order valence-electron chi connectivity index (χ4n) is 2.22. The Balaban J connectivity index is 2.32. The first-order chi connectivity index (χ1) is 11.6. The Kier molecular flexibility index (Phi) is 6.22. The van der Waals surface area contributed by atoms with Gasteiger partial charge in [-0.05, 0) is 30.7 Å². The predicted octanol–water partition coefficient (Wildman–Crippen LogP) is 4.42. The van der Waals surface area contributed by atoms with Gasteiger partial charge in [0.15, 0.2) is 0 Å². The largest absolute Gasteiger partial charge is 0.496 e. The summed E-state index contributed by atoms with van der Waals surface area (Å²) in [5.41, 5.74) is 3.30. The molecule has 0 heterocycles. The molecule has 2 aromatic carbocycles. The highest BCUT2D eigenvalue weighted by Gasteiger charge is 2.10. The van der Waals surface area contributed by atoms with E-state index in [0.717, 1.165) is 23.4 Å². The maximum Gasteiger partial charge on any atom is 0.124 e. The molecule has 0 unspecified atom stereocenters. The second-order valence-corrected chi connectivity index (χ2v) is 5.83. The molecule has 4 nitrogen and oxygen atoms in total. The van der Waals surface area contributed by atoms with E-state index >= 15 is 0 Å². The van der Waals surface area contributed by atoms with Crippen molar-refractivity contribution in [3.8, 4) is 11.8 Å². The summed E-state index contributed by atoms with van der Waals surface area (Å²) in [6.07, 6.45) is 2.38. The van der Waals surface area contributed by atoms with E-state index in [1.807, 2.05) is 49.2 Å². The van der Waals surface area contributed by atoms with Crippen LogP contribution < -0.4 is 4.74 Å². The molecule has 5 heteroatoms. The van der Waals surface area contributed by atoms with Crippen LogP contribution in [-0.2, 0) is 6.42 Å². The first-order valence-corrected chi connectivity index (χ1v) is 8.05. The third-order valence-corrected chi connectivity index (χ3v) is 4.00. The first-order valence-electron chi connectivity index (χ1n) is 7.67. The van der Waals surface area contributed by atoms with Gasteiger partial charge in [-0.15, -0.1) is 0 Å². The number of hydrogen-bond donors (Lipinski definition) is 0. The highest BCUT2D eigenvalue weighted by molar-refractivity contribution is 6.33. The number of methoxy groups -OCH3 is 1. The van der Waals surface area contributed by atoms with E-state index < -0.39 is 0 Å². The summed E-state index contributed by atoms with van der Waals surface area (Å²) in [6.45, 7) is 2.91. The molecule has 0 atom stereocenters. The summed E-state index contributed by atoms with van der Waals surface area (Å²) in [5, 5.41) is 9.59. The predicted molar refractivity (Wildman–Crippen MR) is 98.4 cm³/mol. The van der Waals surface area contributed by atoms with Crippen molar-refractivity contribution in [2.24, 2.45) is 4.99 Å². The van der Waals surface area contributed by atoms with Gasteiger partial charge in [0.25, 0.3) is 0 Å². The zero-order chi connectivity index (χ0) is 17.5. The van der Waals surface area contributed by atoms with Crippen LogP contribution in [-0.4, -0.2) is 31.9 Å². The Bertz CT molecular complexity index is 781. The van der Waals surface area contributed by atoms with Crippen LogP contribution >= 0.6 is 11.6 Å². The lowest BCUT2D eigenvalue weighted by Crippen LogP contribution is -2.14. The Morgan fingerprint density at radius 1 is 1.33 bits per heavy atom. The van der Waals surface area contributed by atoms with Crippen LogP contribution in [0.2, 0.25) is 5.02 Å². The SMILES string of the molecule is CCN(C)C=Nc1cc(OC)c(Cc2cccc(C#N)c2)cc1Cl. The maximum absolute atomic E-state index is 9.02. The average Bonchev–Trinajstić information content (AvgIpc) is 2.60. The van der Waals surface area contributed by atoms with Crippen molar-refractivity contribution < 1.29 is 4.74 Å². The van der Waals surface area contributed by atoms with E-state index in [9.17, 15) is 0 Å². The fraction of sp³-hybridized carbons (Fsp3) is 0.263. The molecule has 0 saturated heterocycles. The topological polar surface area (TPSA) is 48.6 Å². The lowest BCUT2D eigenvalue weighted by atomic mass is 10.0. The van der Waals surface area contributed by atoms with Crippen LogP contribution in [0.25, 0.3) is 0 Å². The van der Waals surface area contributed by atoms with Crippen molar-refractivity contribution >= 4 is 23.6 Å². The number of ether oxygens (including phenoxy) is 1. The molecular weight excluding hydrogens is 322 g/mol. The van der Waals surface area contributed by atoms with Gasteiger partial charge in [-0.2, -0.15) is 5.26 Å². The van der Waals surface area contributed by atoms with Crippen LogP contribution in [0.1, 0.15) is 23.6 Å².